The fourth-order valence-electron chi connectivity index (χ4n) is 5.38. The summed E-state index contributed by atoms with van der Waals surface area (Å²) in [5, 5.41) is 9.43. The average Bonchev–Trinajstić information content (AvgIpc) is 3.20. The SMILES string of the molecule is CC(C)C(C)(CC(C)(C)C)C(=O)OCC(=O)OC1C2CC3C1OC(=O)C3(C#N)C2. The van der Waals surface area contributed by atoms with Crippen LogP contribution in [0.5, 0.6) is 0 Å². The summed E-state index contributed by atoms with van der Waals surface area (Å²) >= 11 is 0. The van der Waals surface area contributed by atoms with Gasteiger partial charge in [0.2, 0.25) is 0 Å². The summed E-state index contributed by atoms with van der Waals surface area (Å²) in [5.74, 6) is -1.81. The molecule has 7 heteroatoms. The predicted molar refractivity (Wildman–Crippen MR) is 102 cm³/mol. The van der Waals surface area contributed by atoms with Crippen LogP contribution in [0.1, 0.15) is 60.8 Å². The summed E-state index contributed by atoms with van der Waals surface area (Å²) in [6, 6.07) is 2.13. The van der Waals surface area contributed by atoms with Crippen molar-refractivity contribution in [2.45, 2.75) is 73.0 Å². The fraction of sp³-hybridized carbons (Fsp3) is 0.818. The van der Waals surface area contributed by atoms with Gasteiger partial charge in [-0.25, -0.2) is 4.79 Å². The van der Waals surface area contributed by atoms with Gasteiger partial charge >= 0.3 is 17.9 Å². The second kappa shape index (κ2) is 7.00. The molecule has 3 rings (SSSR count). The molecule has 6 unspecified atom stereocenters. The molecule has 0 N–H and O–H groups in total. The van der Waals surface area contributed by atoms with Crippen LogP contribution in [0.4, 0.5) is 0 Å². The lowest BCUT2D eigenvalue weighted by molar-refractivity contribution is -0.175. The maximum absolute atomic E-state index is 12.8. The Morgan fingerprint density at radius 2 is 1.97 bits per heavy atom. The van der Waals surface area contributed by atoms with Crippen molar-refractivity contribution in [1.82, 2.24) is 0 Å². The van der Waals surface area contributed by atoms with Crippen molar-refractivity contribution in [2.24, 2.45) is 34.0 Å². The van der Waals surface area contributed by atoms with Crippen molar-refractivity contribution in [3.8, 4) is 6.07 Å². The van der Waals surface area contributed by atoms with Gasteiger partial charge in [0.05, 0.1) is 11.5 Å². The molecule has 3 aliphatic rings. The number of rotatable bonds is 6. The molecule has 3 fully saturated rings. The number of ether oxygens (including phenoxy) is 3. The number of fused-ring (bicyclic) bond motifs is 1. The third-order valence-corrected chi connectivity index (χ3v) is 6.99. The van der Waals surface area contributed by atoms with E-state index in [4.69, 9.17) is 14.2 Å². The largest absolute Gasteiger partial charge is 0.457 e. The molecule has 6 atom stereocenters. The number of carbonyl (C=O) groups is 3. The van der Waals surface area contributed by atoms with Crippen LogP contribution in [0.15, 0.2) is 0 Å². The molecule has 2 saturated carbocycles. The molecule has 0 amide bonds. The molecular weight excluding hydrogens is 374 g/mol. The van der Waals surface area contributed by atoms with Crippen LogP contribution in [-0.4, -0.2) is 36.7 Å². The number of nitrogens with zero attached hydrogens (tertiary/aromatic N) is 1. The molecule has 7 nitrogen and oxygen atoms in total. The minimum Gasteiger partial charge on any atom is -0.457 e. The Morgan fingerprint density at radius 1 is 1.31 bits per heavy atom. The maximum atomic E-state index is 12.8. The highest BCUT2D eigenvalue weighted by Crippen LogP contribution is 2.62. The molecule has 0 aromatic carbocycles. The number of nitriles is 1. The van der Waals surface area contributed by atoms with E-state index in [2.05, 4.69) is 26.8 Å². The molecule has 160 valence electrons. The van der Waals surface area contributed by atoms with Gasteiger partial charge in [-0.15, -0.1) is 0 Å². The smallest absolute Gasteiger partial charge is 0.344 e. The summed E-state index contributed by atoms with van der Waals surface area (Å²) in [7, 11) is 0. The predicted octanol–water partition coefficient (Wildman–Crippen LogP) is 3.02. The molecule has 0 spiro atoms. The topological polar surface area (TPSA) is 103 Å². The van der Waals surface area contributed by atoms with Gasteiger partial charge in [0.1, 0.15) is 12.2 Å². The van der Waals surface area contributed by atoms with Crippen LogP contribution < -0.4 is 0 Å². The Kier molecular flexibility index (Phi) is 5.21. The Morgan fingerprint density at radius 3 is 2.52 bits per heavy atom. The van der Waals surface area contributed by atoms with Crippen molar-refractivity contribution >= 4 is 17.9 Å². The lowest BCUT2D eigenvalue weighted by Crippen LogP contribution is -2.41. The Bertz CT molecular complexity index is 762. The van der Waals surface area contributed by atoms with Crippen molar-refractivity contribution in [2.75, 3.05) is 6.61 Å². The molecule has 1 saturated heterocycles. The first-order valence-electron chi connectivity index (χ1n) is 10.3. The van der Waals surface area contributed by atoms with E-state index < -0.39 is 47.6 Å². The van der Waals surface area contributed by atoms with Crippen molar-refractivity contribution in [3.05, 3.63) is 0 Å². The van der Waals surface area contributed by atoms with Crippen LogP contribution >= 0.6 is 0 Å². The minimum atomic E-state index is -1.07. The molecule has 0 aromatic rings. The standard InChI is InChI=1S/C22H31NO6/c1-12(2)21(6,10-20(3,4)5)18(25)27-9-15(24)28-16-13-7-14-17(16)29-19(26)22(14,8-13)11-23/h12-14,16-17H,7-10H2,1-6H3. The number of carbonyl (C=O) groups excluding carboxylic acids is 3. The number of hydrogen-bond donors (Lipinski definition) is 0. The van der Waals surface area contributed by atoms with E-state index in [0.717, 1.165) is 0 Å². The van der Waals surface area contributed by atoms with Gasteiger partial charge in [-0.3, -0.25) is 9.59 Å². The molecule has 29 heavy (non-hydrogen) atoms. The molecule has 0 radical (unpaired) electrons. The van der Waals surface area contributed by atoms with E-state index in [1.54, 1.807) is 0 Å². The van der Waals surface area contributed by atoms with Gasteiger partial charge in [-0.05, 0) is 37.5 Å². The summed E-state index contributed by atoms with van der Waals surface area (Å²) in [6.07, 6.45) is 0.496. The zero-order valence-corrected chi connectivity index (χ0v) is 18.1. The van der Waals surface area contributed by atoms with E-state index >= 15 is 0 Å². The van der Waals surface area contributed by atoms with Crippen LogP contribution in [0, 0.1) is 45.3 Å². The van der Waals surface area contributed by atoms with E-state index in [-0.39, 0.29) is 23.2 Å². The normalized spacial score (nSPS) is 34.5. The Hall–Kier alpha value is -2.10. The zero-order valence-electron chi connectivity index (χ0n) is 18.1. The fourth-order valence-corrected chi connectivity index (χ4v) is 5.38. The van der Waals surface area contributed by atoms with Crippen LogP contribution in [0.2, 0.25) is 0 Å². The summed E-state index contributed by atoms with van der Waals surface area (Å²) in [6.45, 7) is 11.5. The van der Waals surface area contributed by atoms with Gasteiger partial charge in [0.15, 0.2) is 12.0 Å². The van der Waals surface area contributed by atoms with Gasteiger partial charge < -0.3 is 14.2 Å². The minimum absolute atomic E-state index is 0.0489. The van der Waals surface area contributed by atoms with E-state index in [0.29, 0.717) is 19.3 Å². The van der Waals surface area contributed by atoms with Crippen molar-refractivity contribution < 1.29 is 28.6 Å². The first-order valence-corrected chi connectivity index (χ1v) is 10.3. The lowest BCUT2D eigenvalue weighted by Gasteiger charge is -2.36. The maximum Gasteiger partial charge on any atom is 0.344 e. The highest BCUT2D eigenvalue weighted by molar-refractivity contribution is 5.85. The van der Waals surface area contributed by atoms with Gasteiger partial charge in [-0.1, -0.05) is 34.6 Å². The number of hydrogen-bond acceptors (Lipinski definition) is 7. The van der Waals surface area contributed by atoms with Crippen molar-refractivity contribution in [1.29, 1.82) is 5.26 Å². The van der Waals surface area contributed by atoms with E-state index in [1.807, 2.05) is 20.8 Å². The van der Waals surface area contributed by atoms with Gasteiger partial charge in [0.25, 0.3) is 0 Å². The van der Waals surface area contributed by atoms with Gasteiger partial charge in [-0.2, -0.15) is 5.26 Å². The average molecular weight is 405 g/mol. The summed E-state index contributed by atoms with van der Waals surface area (Å²) in [5.41, 5.74) is -1.85. The first kappa shape index (κ1) is 21.6. The quantitative estimate of drug-likeness (QED) is 0.494. The highest BCUT2D eigenvalue weighted by atomic mass is 16.6. The first-order chi connectivity index (χ1) is 13.3. The summed E-state index contributed by atoms with van der Waals surface area (Å²) < 4.78 is 16.2. The molecule has 0 aromatic heterocycles. The second-order valence-corrected chi connectivity index (χ2v) is 10.6. The van der Waals surface area contributed by atoms with Crippen molar-refractivity contribution in [3.63, 3.8) is 0 Å². The molecule has 1 heterocycles. The summed E-state index contributed by atoms with van der Waals surface area (Å²) in [4.78, 5) is 37.3. The molecule has 2 aliphatic carbocycles. The van der Waals surface area contributed by atoms with Crippen LogP contribution in [0.3, 0.4) is 0 Å². The lowest BCUT2D eigenvalue weighted by atomic mass is 9.69. The second-order valence-electron chi connectivity index (χ2n) is 10.6. The van der Waals surface area contributed by atoms with Gasteiger partial charge in [0, 0.05) is 11.8 Å². The molecule has 2 bridgehead atoms. The third kappa shape index (κ3) is 3.51. The van der Waals surface area contributed by atoms with Crippen LogP contribution in [0.25, 0.3) is 0 Å². The monoisotopic (exact) mass is 405 g/mol. The zero-order chi connectivity index (χ0) is 21.8. The Labute approximate surface area is 172 Å². The van der Waals surface area contributed by atoms with E-state index in [9.17, 15) is 19.6 Å². The van der Waals surface area contributed by atoms with E-state index in [1.165, 1.54) is 0 Å². The molecule has 1 aliphatic heterocycles. The van der Waals surface area contributed by atoms with Crippen LogP contribution in [-0.2, 0) is 28.6 Å². The Balaban J connectivity index is 1.58. The number of esters is 3. The highest BCUT2D eigenvalue weighted by Gasteiger charge is 2.72. The molecular formula is C22H31NO6. The third-order valence-electron chi connectivity index (χ3n) is 6.99.